The summed E-state index contributed by atoms with van der Waals surface area (Å²) in [5, 5.41) is 8.82. The number of ether oxygens (including phenoxy) is 1. The van der Waals surface area contributed by atoms with Gasteiger partial charge in [-0.25, -0.2) is 0 Å². The fourth-order valence-electron chi connectivity index (χ4n) is 4.54. The minimum Gasteiger partial charge on any atom is -0.379 e. The summed E-state index contributed by atoms with van der Waals surface area (Å²) in [6.07, 6.45) is 2.09. The summed E-state index contributed by atoms with van der Waals surface area (Å²) >= 11 is 5.91. The second-order valence-corrected chi connectivity index (χ2v) is 10.0. The number of nitrogens with zero attached hydrogens (tertiary/aromatic N) is 2. The van der Waals surface area contributed by atoms with Crippen molar-refractivity contribution in [3.63, 3.8) is 0 Å². The largest absolute Gasteiger partial charge is 0.379 e. The molecule has 0 aromatic heterocycles. The first-order chi connectivity index (χ1) is 18.9. The van der Waals surface area contributed by atoms with Crippen molar-refractivity contribution < 1.29 is 23.9 Å². The molecule has 2 aliphatic rings. The third-order valence-electron chi connectivity index (χ3n) is 6.73. The van der Waals surface area contributed by atoms with Crippen molar-refractivity contribution in [2.24, 2.45) is 0 Å². The first-order valence-electron chi connectivity index (χ1n) is 13.2. The number of rotatable bonds is 10. The number of hydrogen-bond acceptors (Lipinski definition) is 6. The van der Waals surface area contributed by atoms with E-state index in [0.29, 0.717) is 55.5 Å². The highest BCUT2D eigenvalue weighted by Crippen LogP contribution is 2.21. The van der Waals surface area contributed by atoms with E-state index >= 15 is 0 Å². The van der Waals surface area contributed by atoms with Crippen molar-refractivity contribution in [1.82, 2.24) is 15.5 Å². The van der Waals surface area contributed by atoms with Crippen LogP contribution < -0.4 is 20.9 Å². The predicted molar refractivity (Wildman–Crippen MR) is 149 cm³/mol. The number of carbonyl (C=O) groups is 4. The number of halogens is 1. The molecule has 39 heavy (non-hydrogen) atoms. The Hall–Kier alpha value is -3.47. The van der Waals surface area contributed by atoms with E-state index in [4.69, 9.17) is 16.3 Å². The second kappa shape index (κ2) is 14.1. The van der Waals surface area contributed by atoms with E-state index in [1.807, 2.05) is 0 Å². The van der Waals surface area contributed by atoms with Crippen LogP contribution in [0.15, 0.2) is 48.5 Å². The third kappa shape index (κ3) is 8.51. The van der Waals surface area contributed by atoms with Crippen LogP contribution in [0.4, 0.5) is 11.4 Å². The van der Waals surface area contributed by atoms with Gasteiger partial charge in [0.05, 0.1) is 19.6 Å². The second-order valence-electron chi connectivity index (χ2n) is 9.58. The number of amides is 4. The van der Waals surface area contributed by atoms with E-state index in [0.717, 1.165) is 31.6 Å². The van der Waals surface area contributed by atoms with Gasteiger partial charge in [0.2, 0.25) is 17.7 Å². The fourth-order valence-corrected chi connectivity index (χ4v) is 4.66. The molecule has 2 fully saturated rings. The summed E-state index contributed by atoms with van der Waals surface area (Å²) in [5.74, 6) is -1.29. The topological polar surface area (TPSA) is 120 Å². The molecule has 2 aromatic carbocycles. The van der Waals surface area contributed by atoms with Gasteiger partial charge < -0.3 is 25.6 Å². The number of hydrogen-bond donors (Lipinski definition) is 3. The fraction of sp³-hybridized carbons (Fsp3) is 0.429. The van der Waals surface area contributed by atoms with E-state index in [9.17, 15) is 19.2 Å². The van der Waals surface area contributed by atoms with E-state index < -0.39 is 23.8 Å². The molecule has 0 bridgehead atoms. The van der Waals surface area contributed by atoms with E-state index in [1.165, 1.54) is 0 Å². The zero-order valence-electron chi connectivity index (χ0n) is 21.8. The first-order valence-corrected chi connectivity index (χ1v) is 13.6. The number of piperidine rings is 1. The van der Waals surface area contributed by atoms with Gasteiger partial charge in [0.25, 0.3) is 5.91 Å². The molecule has 0 aliphatic carbocycles. The van der Waals surface area contributed by atoms with Crippen LogP contribution in [0.5, 0.6) is 0 Å². The Bertz CT molecular complexity index is 1150. The van der Waals surface area contributed by atoms with Crippen LogP contribution in [-0.4, -0.2) is 80.5 Å². The Kier molecular flexibility index (Phi) is 10.3. The summed E-state index contributed by atoms with van der Waals surface area (Å²) in [6, 6.07) is 12.2. The van der Waals surface area contributed by atoms with Gasteiger partial charge >= 0.3 is 0 Å². The third-order valence-corrected chi connectivity index (χ3v) is 6.99. The van der Waals surface area contributed by atoms with Crippen LogP contribution in [0.2, 0.25) is 5.02 Å². The summed E-state index contributed by atoms with van der Waals surface area (Å²) in [5.41, 5.74) is 1.59. The van der Waals surface area contributed by atoms with Crippen molar-refractivity contribution in [3.8, 4) is 0 Å². The molecule has 2 saturated heterocycles. The Balaban J connectivity index is 1.39. The molecule has 0 radical (unpaired) electrons. The molecule has 4 rings (SSSR count). The molecule has 2 aliphatic heterocycles. The number of anilines is 2. The molecule has 2 aromatic rings. The van der Waals surface area contributed by atoms with Gasteiger partial charge in [0.1, 0.15) is 6.04 Å². The molecule has 2 heterocycles. The standard InChI is InChI=1S/C28H34ClN5O5/c29-21-6-8-22(9-7-21)31-25(35)19-24(28(38)30-12-14-33-15-17-39-18-16-33)32-27(37)20-4-10-23(11-5-20)34-13-2-1-3-26(34)36/h4-11,24H,1-3,12-19H2,(H,30,38)(H,31,35)(H,32,37). The normalized spacial score (nSPS) is 16.8. The number of nitrogens with one attached hydrogen (secondary N) is 3. The predicted octanol–water partition coefficient (Wildman–Crippen LogP) is 2.43. The average molecular weight is 556 g/mol. The van der Waals surface area contributed by atoms with Crippen molar-refractivity contribution in [2.75, 3.05) is 56.2 Å². The van der Waals surface area contributed by atoms with E-state index in [-0.39, 0.29) is 12.3 Å². The Morgan fingerprint density at radius 2 is 1.67 bits per heavy atom. The van der Waals surface area contributed by atoms with Crippen LogP contribution in [0.1, 0.15) is 36.0 Å². The maximum atomic E-state index is 13.1. The highest BCUT2D eigenvalue weighted by Gasteiger charge is 2.25. The highest BCUT2D eigenvalue weighted by atomic mass is 35.5. The molecular weight excluding hydrogens is 522 g/mol. The minimum absolute atomic E-state index is 0.0685. The smallest absolute Gasteiger partial charge is 0.251 e. The zero-order chi connectivity index (χ0) is 27.6. The van der Waals surface area contributed by atoms with Crippen molar-refractivity contribution in [2.45, 2.75) is 31.7 Å². The van der Waals surface area contributed by atoms with Gasteiger partial charge in [0.15, 0.2) is 0 Å². The number of carbonyl (C=O) groups excluding carboxylic acids is 4. The zero-order valence-corrected chi connectivity index (χ0v) is 22.5. The van der Waals surface area contributed by atoms with Crippen LogP contribution in [0.3, 0.4) is 0 Å². The molecule has 208 valence electrons. The maximum absolute atomic E-state index is 13.1. The summed E-state index contributed by atoms with van der Waals surface area (Å²) < 4.78 is 5.35. The first kappa shape index (κ1) is 28.5. The average Bonchev–Trinajstić information content (AvgIpc) is 2.95. The van der Waals surface area contributed by atoms with E-state index in [1.54, 1.807) is 53.4 Å². The SMILES string of the molecule is O=C(CC(NC(=O)c1ccc(N2CCCCC2=O)cc1)C(=O)NCCN1CCOCC1)Nc1ccc(Cl)cc1. The van der Waals surface area contributed by atoms with Gasteiger partial charge in [-0.1, -0.05) is 11.6 Å². The van der Waals surface area contributed by atoms with E-state index in [2.05, 4.69) is 20.9 Å². The number of benzene rings is 2. The van der Waals surface area contributed by atoms with Gasteiger partial charge in [-0.05, 0) is 61.4 Å². The molecule has 0 spiro atoms. The Morgan fingerprint density at radius 1 is 0.949 bits per heavy atom. The lowest BCUT2D eigenvalue weighted by molar-refractivity contribution is -0.126. The lowest BCUT2D eigenvalue weighted by atomic mass is 10.1. The van der Waals surface area contributed by atoms with Gasteiger partial charge in [-0.3, -0.25) is 24.1 Å². The summed E-state index contributed by atoms with van der Waals surface area (Å²) in [7, 11) is 0. The molecule has 4 amide bonds. The quantitative estimate of drug-likeness (QED) is 0.414. The molecule has 10 nitrogen and oxygen atoms in total. The Morgan fingerprint density at radius 3 is 2.36 bits per heavy atom. The number of morpholine rings is 1. The van der Waals surface area contributed by atoms with Gasteiger partial charge in [0, 0.05) is 61.1 Å². The molecule has 1 atom stereocenters. The lowest BCUT2D eigenvalue weighted by Crippen LogP contribution is -2.50. The highest BCUT2D eigenvalue weighted by molar-refractivity contribution is 6.30. The molecular formula is C28H34ClN5O5. The van der Waals surface area contributed by atoms with Crippen LogP contribution >= 0.6 is 11.6 Å². The maximum Gasteiger partial charge on any atom is 0.251 e. The van der Waals surface area contributed by atoms with Crippen LogP contribution in [0.25, 0.3) is 0 Å². The van der Waals surface area contributed by atoms with Gasteiger partial charge in [-0.15, -0.1) is 0 Å². The van der Waals surface area contributed by atoms with Crippen molar-refractivity contribution in [3.05, 3.63) is 59.1 Å². The van der Waals surface area contributed by atoms with Crippen molar-refractivity contribution in [1.29, 1.82) is 0 Å². The summed E-state index contributed by atoms with van der Waals surface area (Å²) in [6.45, 7) is 4.56. The monoisotopic (exact) mass is 555 g/mol. The Labute approximate surface area is 233 Å². The molecule has 11 heteroatoms. The van der Waals surface area contributed by atoms with Crippen LogP contribution in [-0.2, 0) is 19.1 Å². The lowest BCUT2D eigenvalue weighted by Gasteiger charge is -2.27. The van der Waals surface area contributed by atoms with Crippen LogP contribution in [0, 0.1) is 0 Å². The van der Waals surface area contributed by atoms with Crippen molar-refractivity contribution >= 4 is 46.6 Å². The molecule has 0 saturated carbocycles. The summed E-state index contributed by atoms with van der Waals surface area (Å²) in [4.78, 5) is 55.0. The molecule has 3 N–H and O–H groups in total. The minimum atomic E-state index is -1.09. The van der Waals surface area contributed by atoms with Gasteiger partial charge in [-0.2, -0.15) is 0 Å². The molecule has 1 unspecified atom stereocenters.